The lowest BCUT2D eigenvalue weighted by molar-refractivity contribution is -0.117. The molecule has 1 aliphatic rings. The van der Waals surface area contributed by atoms with Gasteiger partial charge in [-0.1, -0.05) is 24.3 Å². The quantitative estimate of drug-likeness (QED) is 0.771. The van der Waals surface area contributed by atoms with Gasteiger partial charge in [0.1, 0.15) is 6.54 Å². The fraction of sp³-hybridized carbons (Fsp3) is 0.200. The number of anilines is 2. The van der Waals surface area contributed by atoms with Crippen LogP contribution in [0.15, 0.2) is 59.7 Å². The van der Waals surface area contributed by atoms with Gasteiger partial charge in [-0.3, -0.25) is 19.0 Å². The summed E-state index contributed by atoms with van der Waals surface area (Å²) in [6.45, 7) is 0.485. The van der Waals surface area contributed by atoms with Gasteiger partial charge in [-0.2, -0.15) is 0 Å². The summed E-state index contributed by atoms with van der Waals surface area (Å²) < 4.78 is 1.28. The van der Waals surface area contributed by atoms with Crippen LogP contribution in [0.2, 0.25) is 0 Å². The molecule has 2 aromatic carbocycles. The third-order valence-corrected chi connectivity index (χ3v) is 4.59. The molecule has 0 bridgehead atoms. The molecular weight excluding hydrogens is 344 g/mol. The molecule has 1 N–H and O–H groups in total. The number of hydrogen-bond donors (Lipinski definition) is 1. The van der Waals surface area contributed by atoms with E-state index in [-0.39, 0.29) is 23.9 Å². The summed E-state index contributed by atoms with van der Waals surface area (Å²) in [4.78, 5) is 43.0. The van der Waals surface area contributed by atoms with Crippen LogP contribution in [0.1, 0.15) is 12.8 Å². The average Bonchev–Trinajstić information content (AvgIpc) is 3.10. The van der Waals surface area contributed by atoms with Crippen molar-refractivity contribution in [1.29, 1.82) is 0 Å². The Morgan fingerprint density at radius 1 is 1.07 bits per heavy atom. The number of rotatable bonds is 4. The Hall–Kier alpha value is -3.48. The molecule has 136 valence electrons. The topological polar surface area (TPSA) is 84.3 Å². The van der Waals surface area contributed by atoms with Crippen molar-refractivity contribution in [3.63, 3.8) is 0 Å². The van der Waals surface area contributed by atoms with Crippen LogP contribution in [0.4, 0.5) is 11.4 Å². The molecule has 0 atom stereocenters. The zero-order valence-corrected chi connectivity index (χ0v) is 14.6. The van der Waals surface area contributed by atoms with Crippen molar-refractivity contribution in [3.8, 4) is 0 Å². The van der Waals surface area contributed by atoms with Crippen molar-refractivity contribution in [2.45, 2.75) is 19.4 Å². The average molecular weight is 362 g/mol. The van der Waals surface area contributed by atoms with E-state index < -0.39 is 0 Å². The molecule has 1 fully saturated rings. The standard InChI is InChI=1S/C20H18N4O3/c25-18(12-23-13-21-15-7-2-1-6-14(15)20(23)27)22-16-8-3-4-9-17(16)24-11-5-10-19(24)26/h1-4,6-9,13H,5,10-12H2,(H,22,25). The van der Waals surface area contributed by atoms with E-state index in [9.17, 15) is 14.4 Å². The summed E-state index contributed by atoms with van der Waals surface area (Å²) >= 11 is 0. The molecule has 0 saturated carbocycles. The molecule has 2 amide bonds. The number of benzene rings is 2. The van der Waals surface area contributed by atoms with Crippen LogP contribution >= 0.6 is 0 Å². The van der Waals surface area contributed by atoms with E-state index in [1.807, 2.05) is 18.2 Å². The van der Waals surface area contributed by atoms with Crippen LogP contribution in [-0.4, -0.2) is 27.9 Å². The van der Waals surface area contributed by atoms with Gasteiger partial charge in [0.15, 0.2) is 0 Å². The van der Waals surface area contributed by atoms with Crippen molar-refractivity contribution in [2.75, 3.05) is 16.8 Å². The molecule has 4 rings (SSSR count). The third kappa shape index (κ3) is 3.31. The molecule has 1 aliphatic heterocycles. The van der Waals surface area contributed by atoms with Crippen molar-refractivity contribution >= 4 is 34.1 Å². The number of aromatic nitrogens is 2. The summed E-state index contributed by atoms with van der Waals surface area (Å²) in [7, 11) is 0. The van der Waals surface area contributed by atoms with E-state index in [0.29, 0.717) is 35.2 Å². The third-order valence-electron chi connectivity index (χ3n) is 4.59. The maximum absolute atomic E-state index is 12.5. The van der Waals surface area contributed by atoms with Crippen LogP contribution in [-0.2, 0) is 16.1 Å². The van der Waals surface area contributed by atoms with Crippen LogP contribution in [0.3, 0.4) is 0 Å². The van der Waals surface area contributed by atoms with E-state index in [1.165, 1.54) is 10.9 Å². The fourth-order valence-electron chi connectivity index (χ4n) is 3.28. The lowest BCUT2D eigenvalue weighted by Gasteiger charge is -2.20. The molecule has 0 aliphatic carbocycles. The van der Waals surface area contributed by atoms with Crippen molar-refractivity contribution in [1.82, 2.24) is 9.55 Å². The normalized spacial score (nSPS) is 13.9. The maximum Gasteiger partial charge on any atom is 0.261 e. The number of para-hydroxylation sites is 3. The van der Waals surface area contributed by atoms with Crippen molar-refractivity contribution in [3.05, 3.63) is 65.2 Å². The SMILES string of the molecule is O=C(Cn1cnc2ccccc2c1=O)Nc1ccccc1N1CCCC1=O. The molecule has 27 heavy (non-hydrogen) atoms. The summed E-state index contributed by atoms with van der Waals surface area (Å²) in [6, 6.07) is 14.2. The van der Waals surface area contributed by atoms with Gasteiger partial charge in [-0.15, -0.1) is 0 Å². The Morgan fingerprint density at radius 2 is 1.85 bits per heavy atom. The highest BCUT2D eigenvalue weighted by Gasteiger charge is 2.24. The van der Waals surface area contributed by atoms with Crippen LogP contribution < -0.4 is 15.8 Å². The van der Waals surface area contributed by atoms with Gasteiger partial charge in [0.25, 0.3) is 5.56 Å². The van der Waals surface area contributed by atoms with Gasteiger partial charge in [-0.25, -0.2) is 4.98 Å². The summed E-state index contributed by atoms with van der Waals surface area (Å²) in [5.74, 6) is -0.306. The predicted octanol–water partition coefficient (Wildman–Crippen LogP) is 2.16. The Morgan fingerprint density at radius 3 is 2.67 bits per heavy atom. The molecule has 7 nitrogen and oxygen atoms in total. The second-order valence-electron chi connectivity index (χ2n) is 6.41. The minimum absolute atomic E-state index is 0.0478. The molecule has 2 heterocycles. The van der Waals surface area contributed by atoms with Crippen LogP contribution in [0.25, 0.3) is 10.9 Å². The Balaban J connectivity index is 1.57. The minimum Gasteiger partial charge on any atom is -0.323 e. The number of carbonyl (C=O) groups is 2. The van der Waals surface area contributed by atoms with Crippen molar-refractivity contribution < 1.29 is 9.59 Å². The van der Waals surface area contributed by atoms with E-state index in [0.717, 1.165) is 6.42 Å². The molecule has 1 saturated heterocycles. The van der Waals surface area contributed by atoms with Crippen LogP contribution in [0.5, 0.6) is 0 Å². The summed E-state index contributed by atoms with van der Waals surface area (Å²) in [5, 5.41) is 3.28. The highest BCUT2D eigenvalue weighted by Crippen LogP contribution is 2.29. The first-order valence-corrected chi connectivity index (χ1v) is 8.77. The first-order valence-electron chi connectivity index (χ1n) is 8.77. The molecule has 1 aromatic heterocycles. The molecule has 0 spiro atoms. The number of carbonyl (C=O) groups excluding carboxylic acids is 2. The Kier molecular flexibility index (Phi) is 4.42. The van der Waals surface area contributed by atoms with Gasteiger partial charge in [0.2, 0.25) is 11.8 Å². The summed E-state index contributed by atoms with van der Waals surface area (Å²) in [6.07, 6.45) is 2.69. The first kappa shape index (κ1) is 17.0. The highest BCUT2D eigenvalue weighted by atomic mass is 16.2. The van der Waals surface area contributed by atoms with E-state index in [2.05, 4.69) is 10.3 Å². The van der Waals surface area contributed by atoms with Gasteiger partial charge in [0.05, 0.1) is 28.6 Å². The van der Waals surface area contributed by atoms with E-state index in [1.54, 1.807) is 35.2 Å². The molecule has 3 aromatic rings. The second kappa shape index (κ2) is 7.03. The van der Waals surface area contributed by atoms with Gasteiger partial charge < -0.3 is 10.2 Å². The zero-order valence-electron chi connectivity index (χ0n) is 14.6. The number of nitrogens with zero attached hydrogens (tertiary/aromatic N) is 3. The predicted molar refractivity (Wildman–Crippen MR) is 103 cm³/mol. The Labute approximate surface area is 155 Å². The zero-order chi connectivity index (χ0) is 18.8. The second-order valence-corrected chi connectivity index (χ2v) is 6.41. The lowest BCUT2D eigenvalue weighted by atomic mass is 10.2. The number of amides is 2. The number of hydrogen-bond acceptors (Lipinski definition) is 4. The fourth-order valence-corrected chi connectivity index (χ4v) is 3.28. The van der Waals surface area contributed by atoms with E-state index in [4.69, 9.17) is 0 Å². The van der Waals surface area contributed by atoms with E-state index >= 15 is 0 Å². The van der Waals surface area contributed by atoms with Gasteiger partial charge in [-0.05, 0) is 30.7 Å². The van der Waals surface area contributed by atoms with Gasteiger partial charge >= 0.3 is 0 Å². The highest BCUT2D eigenvalue weighted by molar-refractivity contribution is 6.02. The molecule has 7 heteroatoms. The Bertz CT molecular complexity index is 1090. The number of fused-ring (bicyclic) bond motifs is 1. The molecular formula is C20H18N4O3. The largest absolute Gasteiger partial charge is 0.323 e. The minimum atomic E-state index is -0.353. The summed E-state index contributed by atoms with van der Waals surface area (Å²) in [5.41, 5.74) is 1.56. The van der Waals surface area contributed by atoms with Gasteiger partial charge in [0, 0.05) is 13.0 Å². The maximum atomic E-state index is 12.5. The molecule has 0 radical (unpaired) electrons. The molecule has 0 unspecified atom stereocenters. The number of nitrogens with one attached hydrogen (secondary N) is 1. The lowest BCUT2D eigenvalue weighted by Crippen LogP contribution is -2.29. The van der Waals surface area contributed by atoms with Crippen molar-refractivity contribution in [2.24, 2.45) is 0 Å². The monoisotopic (exact) mass is 362 g/mol. The first-order chi connectivity index (χ1) is 13.1. The van der Waals surface area contributed by atoms with Crippen LogP contribution in [0, 0.1) is 0 Å². The smallest absolute Gasteiger partial charge is 0.261 e.